The number of aryl methyl sites for hydroxylation is 2. The first kappa shape index (κ1) is 22.8. The molecule has 0 radical (unpaired) electrons. The third-order valence-electron chi connectivity index (χ3n) is 6.04. The molecule has 1 aliphatic rings. The number of fused-ring (bicyclic) bond motifs is 1. The van der Waals surface area contributed by atoms with E-state index in [0.717, 1.165) is 60.8 Å². The molecule has 0 bridgehead atoms. The number of pyridine rings is 1. The van der Waals surface area contributed by atoms with E-state index in [2.05, 4.69) is 47.2 Å². The van der Waals surface area contributed by atoms with Crippen LogP contribution in [0, 0.1) is 25.2 Å². The number of rotatable bonds is 4. The summed E-state index contributed by atoms with van der Waals surface area (Å²) in [6.45, 7) is 9.91. The quantitative estimate of drug-likeness (QED) is 0.549. The lowest BCUT2D eigenvalue weighted by molar-refractivity contribution is 0.342. The molecule has 4 rings (SSSR count). The summed E-state index contributed by atoms with van der Waals surface area (Å²) in [5.41, 5.74) is 4.83. The molecule has 1 saturated heterocycles. The van der Waals surface area contributed by atoms with Gasteiger partial charge in [0.05, 0.1) is 23.4 Å². The van der Waals surface area contributed by atoms with Gasteiger partial charge in [-0.1, -0.05) is 12.1 Å². The standard InChI is InChI=1S/C26H29N5OS/c1-4-32-24-9-6-5-8-22(24)29-26(33)31-11-7-10-30(12-13-31)25-21(17-27)16-20-14-18(2)19(3)15-23(20)28-25/h5-6,8-9,14-16H,4,7,10-13H2,1-3H3,(H,29,33). The molecule has 0 aliphatic carbocycles. The fourth-order valence-electron chi connectivity index (χ4n) is 4.13. The normalized spacial score (nSPS) is 14.0. The molecule has 1 fully saturated rings. The zero-order chi connectivity index (χ0) is 23.4. The third-order valence-corrected chi connectivity index (χ3v) is 6.40. The van der Waals surface area contributed by atoms with Crippen molar-refractivity contribution in [1.82, 2.24) is 9.88 Å². The Morgan fingerprint density at radius 2 is 1.91 bits per heavy atom. The lowest BCUT2D eigenvalue weighted by Gasteiger charge is -2.26. The summed E-state index contributed by atoms with van der Waals surface area (Å²) < 4.78 is 5.71. The summed E-state index contributed by atoms with van der Waals surface area (Å²) >= 11 is 5.73. The minimum atomic E-state index is 0.600. The molecule has 1 N–H and O–H groups in total. The number of nitriles is 1. The van der Waals surface area contributed by atoms with Crippen molar-refractivity contribution < 1.29 is 4.74 Å². The Labute approximate surface area is 200 Å². The van der Waals surface area contributed by atoms with Crippen molar-refractivity contribution in [3.63, 3.8) is 0 Å². The van der Waals surface area contributed by atoms with E-state index in [1.807, 2.05) is 37.3 Å². The molecule has 0 spiro atoms. The summed E-state index contributed by atoms with van der Waals surface area (Å²) in [6, 6.07) is 16.4. The van der Waals surface area contributed by atoms with Gasteiger partial charge < -0.3 is 19.9 Å². The first-order valence-corrected chi connectivity index (χ1v) is 11.8. The average molecular weight is 460 g/mol. The molecule has 2 aromatic carbocycles. The third kappa shape index (κ3) is 5.01. The van der Waals surface area contributed by atoms with Crippen molar-refractivity contribution in [2.24, 2.45) is 0 Å². The molecule has 0 amide bonds. The Morgan fingerprint density at radius 3 is 2.70 bits per heavy atom. The molecule has 0 unspecified atom stereocenters. The van der Waals surface area contributed by atoms with Crippen LogP contribution in [0.5, 0.6) is 5.75 Å². The van der Waals surface area contributed by atoms with Crippen molar-refractivity contribution in [3.05, 3.63) is 59.2 Å². The van der Waals surface area contributed by atoms with Gasteiger partial charge in [-0.05, 0) is 80.9 Å². The van der Waals surface area contributed by atoms with Gasteiger partial charge in [0.2, 0.25) is 0 Å². The van der Waals surface area contributed by atoms with E-state index in [4.69, 9.17) is 21.9 Å². The fourth-order valence-corrected chi connectivity index (χ4v) is 4.42. The zero-order valence-electron chi connectivity index (χ0n) is 19.4. The van der Waals surface area contributed by atoms with Gasteiger partial charge in [0.15, 0.2) is 5.11 Å². The molecular weight excluding hydrogens is 430 g/mol. The van der Waals surface area contributed by atoms with Crippen LogP contribution < -0.4 is 15.0 Å². The van der Waals surface area contributed by atoms with E-state index in [0.29, 0.717) is 17.3 Å². The van der Waals surface area contributed by atoms with E-state index in [9.17, 15) is 5.26 Å². The van der Waals surface area contributed by atoms with Gasteiger partial charge >= 0.3 is 0 Å². The topological polar surface area (TPSA) is 64.4 Å². The highest BCUT2D eigenvalue weighted by Gasteiger charge is 2.21. The highest BCUT2D eigenvalue weighted by molar-refractivity contribution is 7.80. The number of benzene rings is 2. The monoisotopic (exact) mass is 459 g/mol. The summed E-state index contributed by atoms with van der Waals surface area (Å²) in [5, 5.41) is 14.8. The van der Waals surface area contributed by atoms with Crippen LogP contribution in [0.3, 0.4) is 0 Å². The summed E-state index contributed by atoms with van der Waals surface area (Å²) in [5.74, 6) is 1.55. The fraction of sp³-hybridized carbons (Fsp3) is 0.346. The van der Waals surface area contributed by atoms with Crippen LogP contribution in [0.1, 0.15) is 30.0 Å². The van der Waals surface area contributed by atoms with Crippen molar-refractivity contribution in [2.45, 2.75) is 27.2 Å². The molecule has 2 heterocycles. The smallest absolute Gasteiger partial charge is 0.173 e. The van der Waals surface area contributed by atoms with Gasteiger partial charge in [-0.25, -0.2) is 4.98 Å². The van der Waals surface area contributed by atoms with E-state index in [1.54, 1.807) is 0 Å². The minimum Gasteiger partial charge on any atom is -0.492 e. The number of thiocarbonyl (C=S) groups is 1. The number of ether oxygens (including phenoxy) is 1. The average Bonchev–Trinajstić information content (AvgIpc) is 3.07. The highest BCUT2D eigenvalue weighted by Crippen LogP contribution is 2.27. The van der Waals surface area contributed by atoms with Crippen LogP contribution in [0.2, 0.25) is 0 Å². The Bertz CT molecular complexity index is 1220. The van der Waals surface area contributed by atoms with Crippen LogP contribution in [0.15, 0.2) is 42.5 Å². The molecule has 0 atom stereocenters. The molecule has 1 aromatic heterocycles. The molecule has 170 valence electrons. The molecule has 1 aliphatic heterocycles. The van der Waals surface area contributed by atoms with Gasteiger partial charge in [0, 0.05) is 31.6 Å². The number of aromatic nitrogens is 1. The minimum absolute atomic E-state index is 0.600. The number of hydrogen-bond donors (Lipinski definition) is 1. The maximum atomic E-state index is 9.81. The summed E-state index contributed by atoms with van der Waals surface area (Å²) in [7, 11) is 0. The second-order valence-corrected chi connectivity index (χ2v) is 8.67. The van der Waals surface area contributed by atoms with Crippen LogP contribution >= 0.6 is 12.2 Å². The molecule has 7 heteroatoms. The number of para-hydroxylation sites is 2. The van der Waals surface area contributed by atoms with Crippen LogP contribution in [0.4, 0.5) is 11.5 Å². The van der Waals surface area contributed by atoms with E-state index < -0.39 is 0 Å². The molecule has 33 heavy (non-hydrogen) atoms. The van der Waals surface area contributed by atoms with Crippen molar-refractivity contribution >= 4 is 39.7 Å². The summed E-state index contributed by atoms with van der Waals surface area (Å²) in [6.07, 6.45) is 0.923. The predicted octanol–water partition coefficient (Wildman–Crippen LogP) is 5.03. The van der Waals surface area contributed by atoms with Gasteiger partial charge in [0.25, 0.3) is 0 Å². The molecular formula is C26H29N5OS. The Morgan fingerprint density at radius 1 is 1.12 bits per heavy atom. The van der Waals surface area contributed by atoms with E-state index in [1.165, 1.54) is 11.1 Å². The SMILES string of the molecule is CCOc1ccccc1NC(=S)N1CCCN(c2nc3cc(C)c(C)cc3cc2C#N)CC1. The van der Waals surface area contributed by atoms with Crippen molar-refractivity contribution in [3.8, 4) is 11.8 Å². The second-order valence-electron chi connectivity index (χ2n) is 8.29. The Hall–Kier alpha value is -3.37. The zero-order valence-corrected chi connectivity index (χ0v) is 20.2. The number of hydrogen-bond acceptors (Lipinski definition) is 5. The van der Waals surface area contributed by atoms with Gasteiger partial charge in [-0.15, -0.1) is 0 Å². The number of nitrogens with one attached hydrogen (secondary N) is 1. The van der Waals surface area contributed by atoms with Crippen LogP contribution in [-0.4, -0.2) is 47.8 Å². The van der Waals surface area contributed by atoms with Crippen molar-refractivity contribution in [1.29, 1.82) is 5.26 Å². The summed E-state index contributed by atoms with van der Waals surface area (Å²) in [4.78, 5) is 9.29. The van der Waals surface area contributed by atoms with Gasteiger partial charge in [0.1, 0.15) is 17.6 Å². The van der Waals surface area contributed by atoms with Crippen LogP contribution in [0.25, 0.3) is 10.9 Å². The number of nitrogens with zero attached hydrogens (tertiary/aromatic N) is 4. The van der Waals surface area contributed by atoms with Gasteiger partial charge in [-0.3, -0.25) is 0 Å². The lowest BCUT2D eigenvalue weighted by Crippen LogP contribution is -2.38. The van der Waals surface area contributed by atoms with Gasteiger partial charge in [-0.2, -0.15) is 5.26 Å². The first-order chi connectivity index (χ1) is 16.0. The molecule has 6 nitrogen and oxygen atoms in total. The lowest BCUT2D eigenvalue weighted by atomic mass is 10.0. The van der Waals surface area contributed by atoms with Crippen LogP contribution in [-0.2, 0) is 0 Å². The molecule has 0 saturated carbocycles. The second kappa shape index (κ2) is 10.1. The maximum Gasteiger partial charge on any atom is 0.173 e. The first-order valence-electron chi connectivity index (χ1n) is 11.3. The highest BCUT2D eigenvalue weighted by atomic mass is 32.1. The number of anilines is 2. The van der Waals surface area contributed by atoms with E-state index in [-0.39, 0.29) is 0 Å². The van der Waals surface area contributed by atoms with Crippen molar-refractivity contribution in [2.75, 3.05) is 43.0 Å². The Balaban J connectivity index is 1.51. The Kier molecular flexibility index (Phi) is 6.95. The largest absolute Gasteiger partial charge is 0.492 e. The van der Waals surface area contributed by atoms with E-state index >= 15 is 0 Å². The molecule has 3 aromatic rings. The predicted molar refractivity (Wildman–Crippen MR) is 138 cm³/mol. The maximum absolute atomic E-state index is 9.81.